The summed E-state index contributed by atoms with van der Waals surface area (Å²) in [5, 5.41) is 4.23. The normalized spacial score (nSPS) is 22.6. The second-order valence-electron chi connectivity index (χ2n) is 5.54. The van der Waals surface area contributed by atoms with Gasteiger partial charge in [-0.2, -0.15) is 5.10 Å². The molecular weight excluding hydrogens is 305 g/mol. The molecule has 0 aliphatic heterocycles. The van der Waals surface area contributed by atoms with Crippen LogP contribution in [0.3, 0.4) is 0 Å². The Kier molecular flexibility index (Phi) is 4.26. The van der Waals surface area contributed by atoms with Crippen LogP contribution in [0.5, 0.6) is 0 Å². The van der Waals surface area contributed by atoms with E-state index in [4.69, 9.17) is 0 Å². The predicted molar refractivity (Wildman–Crippen MR) is 80.2 cm³/mol. The molecule has 0 spiro atoms. The Morgan fingerprint density at radius 2 is 1.86 bits per heavy atom. The third-order valence-electron chi connectivity index (χ3n) is 4.04. The van der Waals surface area contributed by atoms with Crippen molar-refractivity contribution in [3.05, 3.63) is 48.5 Å². The van der Waals surface area contributed by atoms with E-state index in [0.29, 0.717) is 6.04 Å². The van der Waals surface area contributed by atoms with Gasteiger partial charge in [-0.05, 0) is 43.9 Å². The molecule has 5 nitrogen and oxygen atoms in total. The van der Waals surface area contributed by atoms with Gasteiger partial charge in [0.15, 0.2) is 0 Å². The number of halogens is 1. The fourth-order valence-corrected chi connectivity index (χ4v) is 4.28. The third-order valence-corrected chi connectivity index (χ3v) is 5.60. The highest BCUT2D eigenvalue weighted by atomic mass is 32.2. The van der Waals surface area contributed by atoms with E-state index in [-0.39, 0.29) is 10.9 Å². The molecule has 0 amide bonds. The molecule has 1 fully saturated rings. The van der Waals surface area contributed by atoms with Crippen molar-refractivity contribution in [2.24, 2.45) is 0 Å². The molecule has 1 N–H and O–H groups in total. The van der Waals surface area contributed by atoms with Crippen LogP contribution in [-0.2, 0) is 10.0 Å². The van der Waals surface area contributed by atoms with E-state index in [2.05, 4.69) is 9.82 Å². The first-order valence-electron chi connectivity index (χ1n) is 7.32. The van der Waals surface area contributed by atoms with Crippen LogP contribution in [0.2, 0.25) is 0 Å². The van der Waals surface area contributed by atoms with Crippen LogP contribution in [0.15, 0.2) is 47.6 Å². The summed E-state index contributed by atoms with van der Waals surface area (Å²) in [6.07, 6.45) is 6.82. The molecule has 0 atom stereocenters. The minimum Gasteiger partial charge on any atom is -0.270 e. The van der Waals surface area contributed by atoms with E-state index < -0.39 is 15.8 Å². The van der Waals surface area contributed by atoms with Crippen molar-refractivity contribution < 1.29 is 12.8 Å². The van der Waals surface area contributed by atoms with Crippen molar-refractivity contribution in [1.29, 1.82) is 0 Å². The number of hydrogen-bond donors (Lipinski definition) is 1. The molecule has 1 heterocycles. The molecule has 7 heteroatoms. The van der Waals surface area contributed by atoms with Gasteiger partial charge in [0.1, 0.15) is 10.7 Å². The quantitative estimate of drug-likeness (QED) is 0.940. The van der Waals surface area contributed by atoms with Crippen LogP contribution < -0.4 is 4.72 Å². The minimum atomic E-state index is -3.81. The molecule has 1 aliphatic rings. The van der Waals surface area contributed by atoms with Crippen molar-refractivity contribution in [3.63, 3.8) is 0 Å². The molecule has 3 rings (SSSR count). The lowest BCUT2D eigenvalue weighted by Gasteiger charge is -2.29. The summed E-state index contributed by atoms with van der Waals surface area (Å²) in [5.41, 5.74) is 0. The van der Waals surface area contributed by atoms with Gasteiger partial charge < -0.3 is 0 Å². The lowest BCUT2D eigenvalue weighted by atomic mass is 9.92. The van der Waals surface area contributed by atoms with Crippen LogP contribution in [0, 0.1) is 5.82 Å². The highest BCUT2D eigenvalue weighted by molar-refractivity contribution is 7.89. The smallest absolute Gasteiger partial charge is 0.243 e. The number of nitrogens with zero attached hydrogens (tertiary/aromatic N) is 2. The number of hydrogen-bond acceptors (Lipinski definition) is 3. The second kappa shape index (κ2) is 6.18. The first-order chi connectivity index (χ1) is 10.6. The van der Waals surface area contributed by atoms with E-state index in [1.54, 1.807) is 6.20 Å². The third kappa shape index (κ3) is 3.20. The maximum atomic E-state index is 13.7. The zero-order valence-electron chi connectivity index (χ0n) is 12.0. The van der Waals surface area contributed by atoms with Gasteiger partial charge in [0, 0.05) is 18.4 Å². The van der Waals surface area contributed by atoms with Gasteiger partial charge in [-0.15, -0.1) is 0 Å². The molecular formula is C15H18FN3O2S. The van der Waals surface area contributed by atoms with Gasteiger partial charge in [0.25, 0.3) is 0 Å². The van der Waals surface area contributed by atoms with Crippen LogP contribution in [-0.4, -0.2) is 24.2 Å². The van der Waals surface area contributed by atoms with Crippen LogP contribution in [0.4, 0.5) is 4.39 Å². The fourth-order valence-electron chi connectivity index (χ4n) is 2.90. The van der Waals surface area contributed by atoms with Crippen molar-refractivity contribution in [3.8, 4) is 0 Å². The van der Waals surface area contributed by atoms with Gasteiger partial charge >= 0.3 is 0 Å². The average Bonchev–Trinajstić information content (AvgIpc) is 3.02. The Balaban J connectivity index is 1.64. The first kappa shape index (κ1) is 15.2. The van der Waals surface area contributed by atoms with Gasteiger partial charge in [0.2, 0.25) is 10.0 Å². The highest BCUT2D eigenvalue weighted by Crippen LogP contribution is 2.28. The summed E-state index contributed by atoms with van der Waals surface area (Å²) in [4.78, 5) is -0.288. The molecule has 1 aromatic carbocycles. The number of benzene rings is 1. The van der Waals surface area contributed by atoms with Crippen LogP contribution in [0.1, 0.15) is 31.7 Å². The number of sulfonamides is 1. The van der Waals surface area contributed by atoms with Gasteiger partial charge in [0.05, 0.1) is 6.04 Å². The molecule has 1 saturated carbocycles. The van der Waals surface area contributed by atoms with Gasteiger partial charge in [-0.1, -0.05) is 12.1 Å². The van der Waals surface area contributed by atoms with Crippen molar-refractivity contribution in [1.82, 2.24) is 14.5 Å². The lowest BCUT2D eigenvalue weighted by molar-refractivity contribution is 0.293. The summed E-state index contributed by atoms with van der Waals surface area (Å²) in [7, 11) is -3.81. The molecule has 0 unspecified atom stereocenters. The Labute approximate surface area is 129 Å². The summed E-state index contributed by atoms with van der Waals surface area (Å²) in [6.45, 7) is 0. The van der Waals surface area contributed by atoms with Gasteiger partial charge in [-0.3, -0.25) is 4.68 Å². The Bertz CT molecular complexity index is 723. The van der Waals surface area contributed by atoms with Crippen LogP contribution in [0.25, 0.3) is 0 Å². The largest absolute Gasteiger partial charge is 0.270 e. The summed E-state index contributed by atoms with van der Waals surface area (Å²) in [5.74, 6) is -0.722. The molecule has 118 valence electrons. The maximum absolute atomic E-state index is 13.7. The summed E-state index contributed by atoms with van der Waals surface area (Å²) in [6, 6.07) is 7.47. The highest BCUT2D eigenvalue weighted by Gasteiger charge is 2.27. The summed E-state index contributed by atoms with van der Waals surface area (Å²) >= 11 is 0. The van der Waals surface area contributed by atoms with E-state index in [1.165, 1.54) is 18.2 Å². The predicted octanol–water partition coefficient (Wildman–Crippen LogP) is 2.48. The van der Waals surface area contributed by atoms with Crippen LogP contribution >= 0.6 is 0 Å². The maximum Gasteiger partial charge on any atom is 0.243 e. The SMILES string of the molecule is O=S(=O)(NC1CCC(n2cccn2)CC1)c1ccccc1F. The Morgan fingerprint density at radius 1 is 1.14 bits per heavy atom. The lowest BCUT2D eigenvalue weighted by Crippen LogP contribution is -2.38. The zero-order chi connectivity index (χ0) is 15.6. The number of aromatic nitrogens is 2. The standard InChI is InChI=1S/C15H18FN3O2S/c16-14-4-1-2-5-15(14)22(20,21)18-12-6-8-13(9-7-12)19-11-3-10-17-19/h1-5,10-13,18H,6-9H2. The van der Waals surface area contributed by atoms with E-state index in [9.17, 15) is 12.8 Å². The van der Waals surface area contributed by atoms with E-state index >= 15 is 0 Å². The Hall–Kier alpha value is -1.73. The van der Waals surface area contributed by atoms with Gasteiger partial charge in [-0.25, -0.2) is 17.5 Å². The Morgan fingerprint density at radius 3 is 2.50 bits per heavy atom. The summed E-state index contributed by atoms with van der Waals surface area (Å²) < 4.78 is 42.7. The number of nitrogens with one attached hydrogen (secondary N) is 1. The monoisotopic (exact) mass is 323 g/mol. The van der Waals surface area contributed by atoms with Crippen molar-refractivity contribution in [2.45, 2.75) is 42.7 Å². The molecule has 22 heavy (non-hydrogen) atoms. The molecule has 0 saturated heterocycles. The molecule has 1 aromatic heterocycles. The van der Waals surface area contributed by atoms with E-state index in [0.717, 1.165) is 31.7 Å². The fraction of sp³-hybridized carbons (Fsp3) is 0.400. The van der Waals surface area contributed by atoms with Crippen molar-refractivity contribution in [2.75, 3.05) is 0 Å². The molecule has 0 bridgehead atoms. The molecule has 0 radical (unpaired) electrons. The minimum absolute atomic E-state index is 0.156. The molecule has 1 aliphatic carbocycles. The van der Waals surface area contributed by atoms with E-state index in [1.807, 2.05) is 16.9 Å². The average molecular weight is 323 g/mol. The molecule has 2 aromatic rings. The number of rotatable bonds is 4. The topological polar surface area (TPSA) is 64.0 Å². The van der Waals surface area contributed by atoms with Crippen molar-refractivity contribution >= 4 is 10.0 Å². The second-order valence-corrected chi connectivity index (χ2v) is 7.23. The first-order valence-corrected chi connectivity index (χ1v) is 8.80. The zero-order valence-corrected chi connectivity index (χ0v) is 12.8.